The number of amides is 1. The molecule has 0 saturated carbocycles. The highest BCUT2D eigenvalue weighted by atomic mass is 16.5. The average Bonchev–Trinajstić information content (AvgIpc) is 2.99. The van der Waals surface area contributed by atoms with Crippen LogP contribution >= 0.6 is 0 Å². The van der Waals surface area contributed by atoms with Crippen molar-refractivity contribution in [3.05, 3.63) is 23.0 Å². The number of carbonyl (C=O) groups is 1. The Hall–Kier alpha value is -2.30. The summed E-state index contributed by atoms with van der Waals surface area (Å²) >= 11 is 0. The molecule has 2 aromatic heterocycles. The van der Waals surface area contributed by atoms with E-state index in [1.807, 2.05) is 6.92 Å². The SMILES string of the molecule is CCCC(N)C(=O)N1C2[C@@H]1[C@H](n1cnc3c(=O)[nH]cnc31)O[C@@H]2CO. The molecule has 2 aliphatic rings. The summed E-state index contributed by atoms with van der Waals surface area (Å²) in [5.41, 5.74) is 6.20. The number of nitrogens with one attached hydrogen (secondary N) is 1. The molecule has 2 unspecified atom stereocenters. The van der Waals surface area contributed by atoms with Crippen molar-refractivity contribution in [2.45, 2.75) is 50.2 Å². The lowest BCUT2D eigenvalue weighted by molar-refractivity contribution is -0.134. The van der Waals surface area contributed by atoms with Crippen LogP contribution in [0.4, 0.5) is 0 Å². The van der Waals surface area contributed by atoms with Gasteiger partial charge in [0.05, 0.1) is 31.3 Å². The van der Waals surface area contributed by atoms with Crippen molar-refractivity contribution >= 4 is 17.1 Å². The van der Waals surface area contributed by atoms with Gasteiger partial charge >= 0.3 is 0 Å². The summed E-state index contributed by atoms with van der Waals surface area (Å²) in [4.78, 5) is 36.8. The maximum atomic E-state index is 12.6. The number of nitrogens with two attached hydrogens (primary N) is 1. The highest BCUT2D eigenvalue weighted by Crippen LogP contribution is 2.48. The van der Waals surface area contributed by atoms with Gasteiger partial charge in [0.25, 0.3) is 5.56 Å². The molecule has 0 aromatic carbocycles. The zero-order valence-electron chi connectivity index (χ0n) is 13.7. The van der Waals surface area contributed by atoms with Gasteiger partial charge in [-0.2, -0.15) is 0 Å². The smallest absolute Gasteiger partial charge is 0.278 e. The molecule has 4 N–H and O–H groups in total. The molecule has 4 heterocycles. The zero-order valence-corrected chi connectivity index (χ0v) is 13.7. The number of nitrogens with zero attached hydrogens (tertiary/aromatic N) is 4. The molecule has 4 rings (SSSR count). The predicted molar refractivity (Wildman–Crippen MR) is 86.4 cm³/mol. The number of carbonyl (C=O) groups excluding carboxylic acids is 1. The number of hydrogen-bond donors (Lipinski definition) is 3. The number of aromatic nitrogens is 4. The fraction of sp³-hybridized carbons (Fsp3) is 0.600. The van der Waals surface area contributed by atoms with Gasteiger partial charge in [-0.05, 0) is 6.42 Å². The molecule has 10 nitrogen and oxygen atoms in total. The Bertz CT molecular complexity index is 863. The molecule has 2 fully saturated rings. The molecule has 2 aromatic rings. The summed E-state index contributed by atoms with van der Waals surface area (Å²) < 4.78 is 7.51. The summed E-state index contributed by atoms with van der Waals surface area (Å²) in [5, 5.41) is 9.59. The maximum Gasteiger partial charge on any atom is 0.278 e. The van der Waals surface area contributed by atoms with Crippen LogP contribution in [-0.4, -0.2) is 66.3 Å². The fourth-order valence-corrected chi connectivity index (χ4v) is 3.66. The highest BCUT2D eigenvalue weighted by molar-refractivity contribution is 5.85. The van der Waals surface area contributed by atoms with Gasteiger partial charge in [-0.15, -0.1) is 0 Å². The Morgan fingerprint density at radius 1 is 1.48 bits per heavy atom. The molecule has 0 bridgehead atoms. The van der Waals surface area contributed by atoms with Crippen molar-refractivity contribution < 1.29 is 14.6 Å². The van der Waals surface area contributed by atoms with E-state index in [0.717, 1.165) is 6.42 Å². The van der Waals surface area contributed by atoms with Gasteiger partial charge < -0.3 is 25.5 Å². The Balaban J connectivity index is 1.66. The number of aromatic amines is 1. The number of rotatable bonds is 5. The summed E-state index contributed by atoms with van der Waals surface area (Å²) in [7, 11) is 0. The van der Waals surface area contributed by atoms with Crippen LogP contribution in [0.1, 0.15) is 26.0 Å². The van der Waals surface area contributed by atoms with E-state index < -0.39 is 18.4 Å². The predicted octanol–water partition coefficient (Wildman–Crippen LogP) is -1.28. The van der Waals surface area contributed by atoms with E-state index in [0.29, 0.717) is 12.1 Å². The summed E-state index contributed by atoms with van der Waals surface area (Å²) in [5.74, 6) is -0.140. The van der Waals surface area contributed by atoms with Crippen LogP contribution in [0.25, 0.3) is 11.2 Å². The monoisotopic (exact) mass is 348 g/mol. The Morgan fingerprint density at radius 2 is 2.28 bits per heavy atom. The molecule has 25 heavy (non-hydrogen) atoms. The number of fused-ring (bicyclic) bond motifs is 2. The van der Waals surface area contributed by atoms with Crippen LogP contribution in [-0.2, 0) is 9.53 Å². The number of hydrogen-bond acceptors (Lipinski definition) is 7. The lowest BCUT2D eigenvalue weighted by Gasteiger charge is -2.23. The van der Waals surface area contributed by atoms with Crippen molar-refractivity contribution in [3.8, 4) is 0 Å². The second kappa shape index (κ2) is 5.90. The molecule has 134 valence electrons. The van der Waals surface area contributed by atoms with Crippen LogP contribution in [0.2, 0.25) is 0 Å². The van der Waals surface area contributed by atoms with E-state index in [2.05, 4.69) is 15.0 Å². The first-order valence-electron chi connectivity index (χ1n) is 8.32. The molecule has 5 atom stereocenters. The average molecular weight is 348 g/mol. The number of aliphatic hydroxyl groups is 1. The van der Waals surface area contributed by atoms with Gasteiger partial charge in [-0.25, -0.2) is 9.97 Å². The Morgan fingerprint density at radius 3 is 3.00 bits per heavy atom. The van der Waals surface area contributed by atoms with Crippen molar-refractivity contribution in [2.75, 3.05) is 6.61 Å². The minimum Gasteiger partial charge on any atom is -0.394 e. The van der Waals surface area contributed by atoms with Crippen LogP contribution in [0, 0.1) is 0 Å². The quantitative estimate of drug-likeness (QED) is 0.572. The van der Waals surface area contributed by atoms with Crippen molar-refractivity contribution in [3.63, 3.8) is 0 Å². The van der Waals surface area contributed by atoms with Gasteiger partial charge in [-0.3, -0.25) is 14.2 Å². The number of imidazole rings is 1. The molecule has 2 saturated heterocycles. The summed E-state index contributed by atoms with van der Waals surface area (Å²) in [6, 6.07) is -1.02. The van der Waals surface area contributed by atoms with E-state index in [1.165, 1.54) is 12.7 Å². The van der Waals surface area contributed by atoms with E-state index in [1.54, 1.807) is 9.47 Å². The first kappa shape index (κ1) is 16.2. The fourth-order valence-electron chi connectivity index (χ4n) is 3.66. The second-order valence-electron chi connectivity index (χ2n) is 6.43. The third kappa shape index (κ3) is 2.36. The molecule has 0 spiro atoms. The molecule has 10 heteroatoms. The first-order valence-corrected chi connectivity index (χ1v) is 8.32. The topological polar surface area (TPSA) is 139 Å². The lowest BCUT2D eigenvalue weighted by Crippen LogP contribution is -2.40. The van der Waals surface area contributed by atoms with Crippen LogP contribution in [0.3, 0.4) is 0 Å². The van der Waals surface area contributed by atoms with Gasteiger partial charge in [-0.1, -0.05) is 13.3 Å². The van der Waals surface area contributed by atoms with Gasteiger partial charge in [0.1, 0.15) is 12.1 Å². The van der Waals surface area contributed by atoms with Gasteiger partial charge in [0, 0.05) is 0 Å². The number of ether oxygens (including phenoxy) is 1. The second-order valence-corrected chi connectivity index (χ2v) is 6.43. The van der Waals surface area contributed by atoms with Crippen LogP contribution in [0.15, 0.2) is 17.4 Å². The lowest BCUT2D eigenvalue weighted by atomic mass is 10.1. The molecule has 0 aliphatic carbocycles. The Kier molecular flexibility index (Phi) is 3.82. The van der Waals surface area contributed by atoms with E-state index in [9.17, 15) is 14.7 Å². The van der Waals surface area contributed by atoms with Gasteiger partial charge in [0.2, 0.25) is 5.91 Å². The first-order chi connectivity index (χ1) is 12.1. The highest BCUT2D eigenvalue weighted by Gasteiger charge is 2.66. The summed E-state index contributed by atoms with van der Waals surface area (Å²) in [6.45, 7) is 1.77. The summed E-state index contributed by atoms with van der Waals surface area (Å²) in [6.07, 6.45) is 3.15. The van der Waals surface area contributed by atoms with Crippen LogP contribution in [0.5, 0.6) is 0 Å². The van der Waals surface area contributed by atoms with Crippen molar-refractivity contribution in [2.24, 2.45) is 5.73 Å². The van der Waals surface area contributed by atoms with Crippen molar-refractivity contribution in [1.29, 1.82) is 0 Å². The third-order valence-electron chi connectivity index (χ3n) is 4.88. The number of H-pyrrole nitrogens is 1. The van der Waals surface area contributed by atoms with Crippen LogP contribution < -0.4 is 11.3 Å². The number of aliphatic hydroxyl groups excluding tert-OH is 1. The normalized spacial score (nSPS) is 29.0. The minimum absolute atomic E-state index is 0.140. The minimum atomic E-state index is -0.559. The number of morpholine rings is 1. The van der Waals surface area contributed by atoms with E-state index in [4.69, 9.17) is 10.5 Å². The molecular weight excluding hydrogens is 328 g/mol. The maximum absolute atomic E-state index is 12.6. The largest absolute Gasteiger partial charge is 0.394 e. The third-order valence-corrected chi connectivity index (χ3v) is 4.88. The van der Waals surface area contributed by atoms with E-state index >= 15 is 0 Å². The van der Waals surface area contributed by atoms with Crippen molar-refractivity contribution in [1.82, 2.24) is 24.4 Å². The molecule has 1 amide bonds. The molecular formula is C15H20N6O4. The standard InChI is InChI=1S/C15H20N6O4/c1-2-3-7(16)14(24)21-10-8(4-22)25-15(11(10)21)20-6-19-9-12(20)17-5-18-13(9)23/h5-8,10-11,15,22H,2-4,16H2,1H3,(H,17,18,23)/t7?,8-,10?,11-,15-,21?/m1/s1. The zero-order chi connectivity index (χ0) is 17.7. The van der Waals surface area contributed by atoms with Gasteiger partial charge in [0.15, 0.2) is 17.4 Å². The molecule has 0 radical (unpaired) electrons. The van der Waals surface area contributed by atoms with E-state index in [-0.39, 0.29) is 35.7 Å². The molecule has 2 aliphatic heterocycles. The Labute approximate surface area is 142 Å².